The molecule has 18 heavy (non-hydrogen) atoms. The molecular formula is C12H15F2N3O. The number of nitrogens with two attached hydrogens (primary N) is 1. The van der Waals surface area contributed by atoms with E-state index in [1.165, 1.54) is 0 Å². The van der Waals surface area contributed by atoms with Crippen molar-refractivity contribution >= 4 is 11.6 Å². The summed E-state index contributed by atoms with van der Waals surface area (Å²) < 4.78 is 25.8. The standard InChI is InChI=1S/C12H15F2N3O/c13-8-3-9(14)5-11(4-8)16-12(18)7-17-2-1-10(15)6-17/h3-5,10H,1-2,6-7,15H2,(H,16,18). The van der Waals surface area contributed by atoms with E-state index in [1.54, 1.807) is 0 Å². The fraction of sp³-hybridized carbons (Fsp3) is 0.417. The molecule has 1 heterocycles. The van der Waals surface area contributed by atoms with Gasteiger partial charge in [0.1, 0.15) is 11.6 Å². The lowest BCUT2D eigenvalue weighted by Gasteiger charge is -2.14. The second kappa shape index (κ2) is 5.41. The maximum absolute atomic E-state index is 12.9. The van der Waals surface area contributed by atoms with Gasteiger partial charge in [0.15, 0.2) is 0 Å². The summed E-state index contributed by atoms with van der Waals surface area (Å²) in [5.74, 6) is -1.73. The van der Waals surface area contributed by atoms with Crippen LogP contribution in [-0.2, 0) is 4.79 Å². The number of hydrogen-bond donors (Lipinski definition) is 2. The van der Waals surface area contributed by atoms with Crippen LogP contribution in [0, 0.1) is 11.6 Å². The molecule has 98 valence electrons. The average Bonchev–Trinajstić information content (AvgIpc) is 2.61. The van der Waals surface area contributed by atoms with Crippen LogP contribution >= 0.6 is 0 Å². The molecular weight excluding hydrogens is 240 g/mol. The highest BCUT2D eigenvalue weighted by atomic mass is 19.1. The summed E-state index contributed by atoms with van der Waals surface area (Å²) in [6.07, 6.45) is 0.863. The van der Waals surface area contributed by atoms with E-state index >= 15 is 0 Å². The number of anilines is 1. The number of halogens is 2. The topological polar surface area (TPSA) is 58.4 Å². The molecule has 0 aromatic heterocycles. The minimum Gasteiger partial charge on any atom is -0.326 e. The molecule has 3 N–H and O–H groups in total. The van der Waals surface area contributed by atoms with Crippen LogP contribution in [0.4, 0.5) is 14.5 Å². The Balaban J connectivity index is 1.90. The summed E-state index contributed by atoms with van der Waals surface area (Å²) in [5, 5.41) is 2.46. The lowest BCUT2D eigenvalue weighted by Crippen LogP contribution is -2.33. The van der Waals surface area contributed by atoms with Crippen molar-refractivity contribution in [2.75, 3.05) is 25.0 Å². The van der Waals surface area contributed by atoms with Crippen LogP contribution in [0.25, 0.3) is 0 Å². The Morgan fingerprint density at radius 3 is 2.61 bits per heavy atom. The molecule has 4 nitrogen and oxygen atoms in total. The summed E-state index contributed by atoms with van der Waals surface area (Å²) in [5.41, 5.74) is 5.85. The number of amides is 1. The normalized spacial score (nSPS) is 20.1. The fourth-order valence-corrected chi connectivity index (χ4v) is 2.04. The molecule has 0 saturated carbocycles. The number of benzene rings is 1. The molecule has 1 saturated heterocycles. The van der Waals surface area contributed by atoms with Crippen molar-refractivity contribution in [3.05, 3.63) is 29.8 Å². The Morgan fingerprint density at radius 2 is 2.06 bits per heavy atom. The van der Waals surface area contributed by atoms with Gasteiger partial charge in [-0.1, -0.05) is 0 Å². The van der Waals surface area contributed by atoms with Gasteiger partial charge in [0.05, 0.1) is 6.54 Å². The Labute approximate surface area is 104 Å². The van der Waals surface area contributed by atoms with Crippen molar-refractivity contribution in [3.8, 4) is 0 Å². The third kappa shape index (κ3) is 3.48. The zero-order chi connectivity index (χ0) is 13.1. The van der Waals surface area contributed by atoms with Crippen LogP contribution in [0.15, 0.2) is 18.2 Å². The summed E-state index contributed by atoms with van der Waals surface area (Å²) in [7, 11) is 0. The van der Waals surface area contributed by atoms with Gasteiger partial charge in [-0.3, -0.25) is 9.69 Å². The molecule has 1 aliphatic rings. The molecule has 1 atom stereocenters. The smallest absolute Gasteiger partial charge is 0.238 e. The number of carbonyl (C=O) groups excluding carboxylic acids is 1. The minimum absolute atomic E-state index is 0.101. The van der Waals surface area contributed by atoms with Gasteiger partial charge in [0, 0.05) is 30.9 Å². The lowest BCUT2D eigenvalue weighted by atomic mass is 10.3. The van der Waals surface area contributed by atoms with Gasteiger partial charge < -0.3 is 11.1 Å². The van der Waals surface area contributed by atoms with E-state index < -0.39 is 11.6 Å². The molecule has 1 aromatic rings. The fourth-order valence-electron chi connectivity index (χ4n) is 2.04. The van der Waals surface area contributed by atoms with Crippen molar-refractivity contribution in [2.24, 2.45) is 5.73 Å². The summed E-state index contributed by atoms with van der Waals surface area (Å²) >= 11 is 0. The Morgan fingerprint density at radius 1 is 1.39 bits per heavy atom. The quantitative estimate of drug-likeness (QED) is 0.845. The molecule has 1 amide bonds. The first-order chi connectivity index (χ1) is 8.52. The second-order valence-corrected chi connectivity index (χ2v) is 4.49. The van der Waals surface area contributed by atoms with E-state index in [0.29, 0.717) is 6.54 Å². The van der Waals surface area contributed by atoms with Gasteiger partial charge in [0.2, 0.25) is 5.91 Å². The van der Waals surface area contributed by atoms with Gasteiger partial charge in [-0.2, -0.15) is 0 Å². The molecule has 0 aliphatic carbocycles. The van der Waals surface area contributed by atoms with Crippen molar-refractivity contribution < 1.29 is 13.6 Å². The van der Waals surface area contributed by atoms with E-state index in [4.69, 9.17) is 5.73 Å². The predicted octanol–water partition coefficient (Wildman–Crippen LogP) is 0.936. The summed E-state index contributed by atoms with van der Waals surface area (Å²) in [6.45, 7) is 1.63. The van der Waals surface area contributed by atoms with Crippen molar-refractivity contribution in [2.45, 2.75) is 12.5 Å². The summed E-state index contributed by atoms with van der Waals surface area (Å²) in [4.78, 5) is 13.6. The number of hydrogen-bond acceptors (Lipinski definition) is 3. The van der Waals surface area contributed by atoms with Crippen LogP contribution in [0.3, 0.4) is 0 Å². The van der Waals surface area contributed by atoms with Crippen molar-refractivity contribution in [1.82, 2.24) is 4.90 Å². The third-order valence-electron chi connectivity index (χ3n) is 2.82. The zero-order valence-corrected chi connectivity index (χ0v) is 9.83. The van der Waals surface area contributed by atoms with Gasteiger partial charge >= 0.3 is 0 Å². The van der Waals surface area contributed by atoms with Crippen LogP contribution in [0.5, 0.6) is 0 Å². The molecule has 6 heteroatoms. The SMILES string of the molecule is NC1CCN(CC(=O)Nc2cc(F)cc(F)c2)C1. The Bertz CT molecular complexity index is 433. The predicted molar refractivity (Wildman–Crippen MR) is 64.0 cm³/mol. The van der Waals surface area contributed by atoms with E-state index in [9.17, 15) is 13.6 Å². The molecule has 0 bridgehead atoms. The van der Waals surface area contributed by atoms with Crippen LogP contribution in [0.1, 0.15) is 6.42 Å². The highest BCUT2D eigenvalue weighted by Gasteiger charge is 2.21. The van der Waals surface area contributed by atoms with Gasteiger partial charge in [-0.25, -0.2) is 8.78 Å². The van der Waals surface area contributed by atoms with Gasteiger partial charge in [-0.05, 0) is 18.6 Å². The Kier molecular flexibility index (Phi) is 3.88. The molecule has 1 aliphatic heterocycles. The number of nitrogens with one attached hydrogen (secondary N) is 1. The number of carbonyl (C=O) groups is 1. The van der Waals surface area contributed by atoms with Crippen LogP contribution in [-0.4, -0.2) is 36.5 Å². The first-order valence-electron chi connectivity index (χ1n) is 5.77. The summed E-state index contributed by atoms with van der Waals surface area (Å²) in [6, 6.07) is 3.02. The number of likely N-dealkylation sites (tertiary alicyclic amines) is 1. The zero-order valence-electron chi connectivity index (χ0n) is 9.83. The van der Waals surface area contributed by atoms with E-state index in [0.717, 1.165) is 31.2 Å². The van der Waals surface area contributed by atoms with E-state index in [-0.39, 0.29) is 24.2 Å². The van der Waals surface area contributed by atoms with Crippen molar-refractivity contribution in [1.29, 1.82) is 0 Å². The van der Waals surface area contributed by atoms with Crippen LogP contribution in [0.2, 0.25) is 0 Å². The largest absolute Gasteiger partial charge is 0.326 e. The average molecular weight is 255 g/mol. The van der Waals surface area contributed by atoms with E-state index in [1.807, 2.05) is 4.90 Å². The molecule has 2 rings (SSSR count). The maximum Gasteiger partial charge on any atom is 0.238 e. The Hall–Kier alpha value is -1.53. The molecule has 1 fully saturated rings. The number of rotatable bonds is 3. The molecule has 0 spiro atoms. The minimum atomic E-state index is -0.714. The van der Waals surface area contributed by atoms with E-state index in [2.05, 4.69) is 5.32 Å². The number of nitrogens with zero attached hydrogens (tertiary/aromatic N) is 1. The van der Waals surface area contributed by atoms with Gasteiger partial charge in [-0.15, -0.1) is 0 Å². The first-order valence-corrected chi connectivity index (χ1v) is 5.77. The first kappa shape index (κ1) is 12.9. The van der Waals surface area contributed by atoms with Crippen LogP contribution < -0.4 is 11.1 Å². The lowest BCUT2D eigenvalue weighted by molar-refractivity contribution is -0.117. The van der Waals surface area contributed by atoms with Gasteiger partial charge in [0.25, 0.3) is 0 Å². The maximum atomic E-state index is 12.9. The van der Waals surface area contributed by atoms with Crippen molar-refractivity contribution in [3.63, 3.8) is 0 Å². The molecule has 1 aromatic carbocycles. The highest BCUT2D eigenvalue weighted by molar-refractivity contribution is 5.92. The highest BCUT2D eigenvalue weighted by Crippen LogP contribution is 2.13. The second-order valence-electron chi connectivity index (χ2n) is 4.49. The monoisotopic (exact) mass is 255 g/mol. The molecule has 1 unspecified atom stereocenters. The third-order valence-corrected chi connectivity index (χ3v) is 2.82. The molecule has 0 radical (unpaired) electrons.